The maximum absolute atomic E-state index is 15.4. The number of halogens is 1. The Morgan fingerprint density at radius 3 is 2.52 bits per heavy atom. The van der Waals surface area contributed by atoms with Crippen LogP contribution in [0.5, 0.6) is 5.75 Å². The van der Waals surface area contributed by atoms with E-state index in [9.17, 15) is 0 Å². The van der Waals surface area contributed by atoms with Gasteiger partial charge in [0.1, 0.15) is 12.9 Å². The van der Waals surface area contributed by atoms with Crippen LogP contribution in [0.4, 0.5) is 10.2 Å². The van der Waals surface area contributed by atoms with E-state index >= 15 is 4.39 Å². The summed E-state index contributed by atoms with van der Waals surface area (Å²) >= 11 is 0. The van der Waals surface area contributed by atoms with E-state index in [1.54, 1.807) is 25.4 Å². The Balaban J connectivity index is 1.83. The highest BCUT2D eigenvalue weighted by Crippen LogP contribution is 2.38. The first kappa shape index (κ1) is 23.2. The van der Waals surface area contributed by atoms with Crippen LogP contribution in [0.2, 0.25) is 18.1 Å². The van der Waals surface area contributed by atoms with E-state index in [1.165, 1.54) is 7.11 Å². The highest BCUT2D eigenvalue weighted by molar-refractivity contribution is 6.74. The van der Waals surface area contributed by atoms with Crippen molar-refractivity contribution in [1.29, 1.82) is 0 Å². The maximum Gasteiger partial charge on any atom is 0.172 e. The van der Waals surface area contributed by atoms with Crippen molar-refractivity contribution in [2.24, 2.45) is 5.16 Å². The number of nitrogens with zero attached hydrogens (tertiary/aromatic N) is 3. The number of methoxy groups -OCH3 is 1. The highest BCUT2D eigenvalue weighted by Gasteiger charge is 2.27. The van der Waals surface area contributed by atoms with Crippen LogP contribution in [0.3, 0.4) is 0 Å². The van der Waals surface area contributed by atoms with Crippen LogP contribution >= 0.6 is 0 Å². The van der Waals surface area contributed by atoms with Gasteiger partial charge in [0, 0.05) is 29.5 Å². The van der Waals surface area contributed by atoms with E-state index in [1.807, 2.05) is 17.0 Å². The summed E-state index contributed by atoms with van der Waals surface area (Å²) in [6.45, 7) is 12.4. The molecular weight excluding hydrogens is 413 g/mol. The van der Waals surface area contributed by atoms with Gasteiger partial charge in [0.05, 0.1) is 25.9 Å². The number of benzene rings is 1. The molecule has 1 aromatic carbocycles. The van der Waals surface area contributed by atoms with Crippen molar-refractivity contribution in [3.8, 4) is 16.9 Å². The third kappa shape index (κ3) is 4.90. The molecule has 0 amide bonds. The van der Waals surface area contributed by atoms with Crippen molar-refractivity contribution in [2.45, 2.75) is 45.5 Å². The number of pyridine rings is 1. The largest absolute Gasteiger partial charge is 0.561 e. The van der Waals surface area contributed by atoms with Crippen LogP contribution in [0.15, 0.2) is 35.6 Å². The van der Waals surface area contributed by atoms with Crippen LogP contribution < -0.4 is 9.64 Å². The number of rotatable bonds is 7. The molecule has 0 bridgehead atoms. The zero-order valence-corrected chi connectivity index (χ0v) is 20.5. The molecule has 1 aliphatic heterocycles. The molecule has 0 radical (unpaired) electrons. The van der Waals surface area contributed by atoms with Gasteiger partial charge in [-0.15, -0.1) is 18.1 Å². The highest BCUT2D eigenvalue weighted by atomic mass is 28.4. The Morgan fingerprint density at radius 1 is 1.19 bits per heavy atom. The average Bonchev–Trinajstić information content (AvgIpc) is 2.68. The number of hydrogen-bond acceptors (Lipinski definition) is 6. The summed E-state index contributed by atoms with van der Waals surface area (Å²) in [4.78, 5) is 11.4. The summed E-state index contributed by atoms with van der Waals surface area (Å²) < 4.78 is 27.1. The molecule has 0 aliphatic carbocycles. The molecular formula is C23H32FN3O3Si-. The molecule has 0 spiro atoms. The first-order valence-corrected chi connectivity index (χ1v) is 13.3. The number of ether oxygens (including phenoxy) is 1. The summed E-state index contributed by atoms with van der Waals surface area (Å²) in [6.07, 6.45) is 1.68. The standard InChI is InChI=1S/C23H32FN3O3Si/c1-23(2,3)31(6,7)30-15-16-9-8-10-19(21(16)24)17-11-20(28-4)22(25-12-17)27-13-18(14-27)26-29-5/h8-12H,13-15H2,1-7H3/q-1. The monoisotopic (exact) mass is 445 g/mol. The Labute approximate surface area is 185 Å². The van der Waals surface area contributed by atoms with Crippen molar-refractivity contribution in [1.82, 2.24) is 4.98 Å². The quantitative estimate of drug-likeness (QED) is 0.431. The van der Waals surface area contributed by atoms with Gasteiger partial charge in [0.15, 0.2) is 11.6 Å². The van der Waals surface area contributed by atoms with Crippen molar-refractivity contribution in [3.63, 3.8) is 0 Å². The van der Waals surface area contributed by atoms with E-state index in [4.69, 9.17) is 14.0 Å². The summed E-state index contributed by atoms with van der Waals surface area (Å²) in [5, 5.41) is 4.01. The predicted molar refractivity (Wildman–Crippen MR) is 125 cm³/mol. The number of anilines is 1. The smallest absolute Gasteiger partial charge is 0.172 e. The molecule has 2 aromatic rings. The molecule has 169 valence electrons. The molecule has 1 aromatic heterocycles. The molecule has 31 heavy (non-hydrogen) atoms. The Morgan fingerprint density at radius 2 is 1.90 bits per heavy atom. The van der Waals surface area contributed by atoms with Gasteiger partial charge in [-0.05, 0) is 14.4 Å². The minimum absolute atomic E-state index is 0.0683. The SMILES string of the molecule is CON=C1CN(c2ncc(-c3cccc(CO[Si-](C)(C)C(C)(C)C)c3F)cc2OC)C1. The van der Waals surface area contributed by atoms with E-state index in [2.05, 4.69) is 44.0 Å². The third-order valence-electron chi connectivity index (χ3n) is 6.10. The molecule has 0 N–H and O–H groups in total. The van der Waals surface area contributed by atoms with Crippen LogP contribution in [0, 0.1) is 5.82 Å². The Bertz CT molecular complexity index is 965. The van der Waals surface area contributed by atoms with Gasteiger partial charge in [0.2, 0.25) is 0 Å². The zero-order valence-electron chi connectivity index (χ0n) is 19.5. The molecule has 0 unspecified atom stereocenters. The summed E-state index contributed by atoms with van der Waals surface area (Å²) in [6, 6.07) is 7.22. The molecule has 1 aliphatic rings. The van der Waals surface area contributed by atoms with Gasteiger partial charge in [0.25, 0.3) is 0 Å². The molecule has 3 rings (SSSR count). The second-order valence-electron chi connectivity index (χ2n) is 9.27. The predicted octanol–water partition coefficient (Wildman–Crippen LogP) is 5.24. The molecule has 6 nitrogen and oxygen atoms in total. The normalized spacial score (nSPS) is 14.3. The third-order valence-corrected chi connectivity index (χ3v) is 10.6. The topological polar surface area (TPSA) is 56.2 Å². The van der Waals surface area contributed by atoms with Gasteiger partial charge in [-0.1, -0.05) is 44.1 Å². The molecule has 1 saturated heterocycles. The number of oxime groups is 1. The second-order valence-corrected chi connectivity index (χ2v) is 14.1. The van der Waals surface area contributed by atoms with E-state index in [0.29, 0.717) is 41.3 Å². The lowest BCUT2D eigenvalue weighted by molar-refractivity contribution is 0.211. The minimum atomic E-state index is -1.97. The summed E-state index contributed by atoms with van der Waals surface area (Å²) in [7, 11) is 1.15. The zero-order chi connectivity index (χ0) is 22.8. The summed E-state index contributed by atoms with van der Waals surface area (Å²) in [5.74, 6) is 1.02. The first-order valence-electron chi connectivity index (χ1n) is 10.4. The van der Waals surface area contributed by atoms with Crippen molar-refractivity contribution in [3.05, 3.63) is 41.8 Å². The van der Waals surface area contributed by atoms with Crippen LogP contribution in [0.25, 0.3) is 11.1 Å². The van der Waals surface area contributed by atoms with Crippen LogP contribution in [-0.2, 0) is 15.9 Å². The van der Waals surface area contributed by atoms with Crippen LogP contribution in [-0.4, -0.2) is 46.3 Å². The fraction of sp³-hybridized carbons (Fsp3) is 0.478. The molecule has 1 fully saturated rings. The minimum Gasteiger partial charge on any atom is -0.561 e. The first-order chi connectivity index (χ1) is 14.6. The number of hydrogen-bond donors (Lipinski definition) is 0. The molecule has 0 saturated carbocycles. The van der Waals surface area contributed by atoms with Gasteiger partial charge in [-0.3, -0.25) is 0 Å². The van der Waals surface area contributed by atoms with E-state index in [-0.39, 0.29) is 17.5 Å². The van der Waals surface area contributed by atoms with Gasteiger partial charge < -0.3 is 18.9 Å². The van der Waals surface area contributed by atoms with Crippen molar-refractivity contribution >= 4 is 19.8 Å². The lowest BCUT2D eigenvalue weighted by Crippen LogP contribution is -2.48. The van der Waals surface area contributed by atoms with Gasteiger partial charge in [-0.25, -0.2) is 9.37 Å². The molecule has 2 heterocycles. The van der Waals surface area contributed by atoms with Crippen LogP contribution in [0.1, 0.15) is 26.3 Å². The van der Waals surface area contributed by atoms with E-state index < -0.39 is 8.32 Å². The average molecular weight is 446 g/mol. The fourth-order valence-electron chi connectivity index (χ4n) is 3.09. The Hall–Kier alpha value is -2.45. The Kier molecular flexibility index (Phi) is 6.71. The maximum atomic E-state index is 15.4. The summed E-state index contributed by atoms with van der Waals surface area (Å²) in [5.41, 5.74) is 2.64. The lowest BCUT2D eigenvalue weighted by atomic mass is 10.0. The molecule has 0 atom stereocenters. The second kappa shape index (κ2) is 8.96. The molecule has 8 heteroatoms. The lowest BCUT2D eigenvalue weighted by Gasteiger charge is -2.48. The number of aromatic nitrogens is 1. The van der Waals surface area contributed by atoms with Gasteiger partial charge >= 0.3 is 0 Å². The van der Waals surface area contributed by atoms with Crippen molar-refractivity contribution in [2.75, 3.05) is 32.2 Å². The van der Waals surface area contributed by atoms with Crippen molar-refractivity contribution < 1.29 is 18.4 Å². The van der Waals surface area contributed by atoms with E-state index in [0.717, 1.165) is 5.71 Å². The van der Waals surface area contributed by atoms with Gasteiger partial charge in [-0.2, -0.15) is 0 Å². The fourth-order valence-corrected chi connectivity index (χ4v) is 4.04.